The first-order valence-electron chi connectivity index (χ1n) is 9.57. The van der Waals surface area contributed by atoms with Gasteiger partial charge in [0.1, 0.15) is 12.2 Å². The first-order chi connectivity index (χ1) is 12.0. The Morgan fingerprint density at radius 3 is 2.15 bits per heavy atom. The first-order valence-corrected chi connectivity index (χ1v) is 9.57. The monoisotopic (exact) mass is 368 g/mol. The van der Waals surface area contributed by atoms with E-state index < -0.39 is 5.60 Å². The van der Waals surface area contributed by atoms with Crippen molar-refractivity contribution in [3.63, 3.8) is 0 Å². The number of amides is 2. The number of ether oxygens (including phenoxy) is 3. The first kappa shape index (κ1) is 19.4. The molecule has 0 spiro atoms. The number of carbonyl (C=O) groups is 2. The van der Waals surface area contributed by atoms with Crippen molar-refractivity contribution >= 4 is 12.0 Å². The molecule has 2 amide bonds. The summed E-state index contributed by atoms with van der Waals surface area (Å²) < 4.78 is 16.6. The van der Waals surface area contributed by atoms with E-state index in [1.165, 1.54) is 0 Å². The van der Waals surface area contributed by atoms with Crippen molar-refractivity contribution in [3.8, 4) is 0 Å². The topological polar surface area (TPSA) is 85.9 Å². The smallest absolute Gasteiger partial charge is 0.408 e. The lowest BCUT2D eigenvalue weighted by Crippen LogP contribution is -2.84. The molecule has 0 aromatic carbocycles. The second-order valence-electron chi connectivity index (χ2n) is 9.48. The summed E-state index contributed by atoms with van der Waals surface area (Å²) in [6.07, 6.45) is 4.24. The zero-order valence-corrected chi connectivity index (χ0v) is 16.5. The summed E-state index contributed by atoms with van der Waals surface area (Å²) in [5.74, 6) is -0.0798. The predicted molar refractivity (Wildman–Crippen MR) is 95.8 cm³/mol. The third-order valence-electron chi connectivity index (χ3n) is 5.17. The molecular formula is C19H32N2O5. The van der Waals surface area contributed by atoms with E-state index in [0.717, 1.165) is 32.1 Å². The molecule has 0 saturated heterocycles. The van der Waals surface area contributed by atoms with Gasteiger partial charge in [-0.25, -0.2) is 4.79 Å². The average molecular weight is 368 g/mol. The molecule has 0 aromatic rings. The van der Waals surface area contributed by atoms with E-state index in [2.05, 4.69) is 10.6 Å². The number of nitrogens with one attached hydrogen (secondary N) is 2. The molecule has 4 rings (SSSR count). The van der Waals surface area contributed by atoms with Crippen molar-refractivity contribution in [3.05, 3.63) is 0 Å². The third-order valence-corrected chi connectivity index (χ3v) is 5.17. The Bertz CT molecular complexity index is 543. The fraction of sp³-hybridized carbons (Fsp3) is 0.895. The number of hydrogen-bond donors (Lipinski definition) is 2. The van der Waals surface area contributed by atoms with Crippen molar-refractivity contribution in [1.82, 2.24) is 10.6 Å². The Morgan fingerprint density at radius 2 is 1.62 bits per heavy atom. The predicted octanol–water partition coefficient (Wildman–Crippen LogP) is 2.27. The van der Waals surface area contributed by atoms with E-state index in [1.54, 1.807) is 0 Å². The molecule has 4 saturated carbocycles. The number of carbonyl (C=O) groups excluding carboxylic acids is 2. The van der Waals surface area contributed by atoms with Crippen molar-refractivity contribution in [2.45, 2.75) is 102 Å². The van der Waals surface area contributed by atoms with Crippen LogP contribution in [-0.4, -0.2) is 53.6 Å². The van der Waals surface area contributed by atoms with Crippen LogP contribution in [0.1, 0.15) is 66.7 Å². The van der Waals surface area contributed by atoms with Gasteiger partial charge in [0.15, 0.2) is 0 Å². The van der Waals surface area contributed by atoms with E-state index >= 15 is 0 Å². The number of hydrogen-bond acceptors (Lipinski definition) is 5. The molecule has 2 N–H and O–H groups in total. The Hall–Kier alpha value is -1.34. The van der Waals surface area contributed by atoms with Gasteiger partial charge in [-0.05, 0) is 66.7 Å². The summed E-state index contributed by atoms with van der Waals surface area (Å²) in [5, 5.41) is 6.01. The molecule has 148 valence electrons. The van der Waals surface area contributed by atoms with E-state index in [4.69, 9.17) is 14.2 Å². The summed E-state index contributed by atoms with van der Waals surface area (Å²) in [6, 6.07) is 0. The second-order valence-corrected chi connectivity index (χ2v) is 9.48. The van der Waals surface area contributed by atoms with Gasteiger partial charge in [0.25, 0.3) is 0 Å². The van der Waals surface area contributed by atoms with Crippen molar-refractivity contribution in [2.24, 2.45) is 0 Å². The summed E-state index contributed by atoms with van der Waals surface area (Å²) in [7, 11) is 0. The van der Waals surface area contributed by atoms with E-state index in [-0.39, 0.29) is 48.0 Å². The Balaban J connectivity index is 1.29. The van der Waals surface area contributed by atoms with Gasteiger partial charge in [0, 0.05) is 5.54 Å². The van der Waals surface area contributed by atoms with E-state index in [1.807, 2.05) is 34.6 Å². The zero-order chi connectivity index (χ0) is 19.2. The van der Waals surface area contributed by atoms with Crippen LogP contribution in [0, 0.1) is 0 Å². The van der Waals surface area contributed by atoms with Crippen LogP contribution in [0.15, 0.2) is 0 Å². The molecular weight excluding hydrogens is 336 g/mol. The summed E-state index contributed by atoms with van der Waals surface area (Å²) in [5.41, 5.74) is -0.873. The lowest BCUT2D eigenvalue weighted by Gasteiger charge is -2.70. The Kier molecular flexibility index (Phi) is 4.99. The van der Waals surface area contributed by atoms with Gasteiger partial charge in [0.2, 0.25) is 5.91 Å². The summed E-state index contributed by atoms with van der Waals surface area (Å²) >= 11 is 0. The van der Waals surface area contributed by atoms with Crippen LogP contribution in [0.25, 0.3) is 0 Å². The Morgan fingerprint density at radius 1 is 1.04 bits per heavy atom. The van der Waals surface area contributed by atoms with E-state index in [9.17, 15) is 9.59 Å². The van der Waals surface area contributed by atoms with Crippen LogP contribution in [0.2, 0.25) is 0 Å². The molecule has 7 heteroatoms. The molecule has 7 nitrogen and oxygen atoms in total. The quantitative estimate of drug-likeness (QED) is 0.720. The van der Waals surface area contributed by atoms with Gasteiger partial charge in [-0.3, -0.25) is 4.79 Å². The van der Waals surface area contributed by atoms with Crippen molar-refractivity contribution in [2.75, 3.05) is 6.61 Å². The molecule has 0 radical (unpaired) electrons. The van der Waals surface area contributed by atoms with Crippen LogP contribution in [0.3, 0.4) is 0 Å². The molecule has 0 unspecified atom stereocenters. The highest BCUT2D eigenvalue weighted by Crippen LogP contribution is 2.60. The molecule has 0 aliphatic heterocycles. The summed E-state index contributed by atoms with van der Waals surface area (Å²) in [6.45, 7) is 9.67. The standard InChI is InChI=1S/C19H32N2O5/c1-12(2)25-14-6-13(7-14)24-8-15(22)20-18-9-19(10-18,11-18)21-16(23)26-17(3,4)5/h12-14H,6-11H2,1-5H3,(H,20,22)(H,21,23)/t13-,14+,18?,19?. The minimum Gasteiger partial charge on any atom is -0.444 e. The molecule has 4 fully saturated rings. The molecule has 0 aromatic heterocycles. The van der Waals surface area contributed by atoms with Crippen LogP contribution in [0.5, 0.6) is 0 Å². The fourth-order valence-electron chi connectivity index (χ4n) is 4.25. The minimum atomic E-state index is -0.502. The van der Waals surface area contributed by atoms with Gasteiger partial charge in [-0.15, -0.1) is 0 Å². The maximum absolute atomic E-state index is 12.1. The van der Waals surface area contributed by atoms with Gasteiger partial charge in [-0.2, -0.15) is 0 Å². The molecule has 0 heterocycles. The molecule has 2 bridgehead atoms. The van der Waals surface area contributed by atoms with Crippen LogP contribution >= 0.6 is 0 Å². The maximum atomic E-state index is 12.1. The highest BCUT2D eigenvalue weighted by Gasteiger charge is 2.69. The van der Waals surface area contributed by atoms with E-state index in [0.29, 0.717) is 0 Å². The fourth-order valence-corrected chi connectivity index (χ4v) is 4.25. The van der Waals surface area contributed by atoms with Gasteiger partial charge >= 0.3 is 6.09 Å². The maximum Gasteiger partial charge on any atom is 0.408 e. The van der Waals surface area contributed by atoms with Crippen molar-refractivity contribution in [1.29, 1.82) is 0 Å². The second kappa shape index (κ2) is 6.68. The molecule has 0 atom stereocenters. The van der Waals surface area contributed by atoms with Gasteiger partial charge in [-0.1, -0.05) is 0 Å². The average Bonchev–Trinajstić information content (AvgIpc) is 2.34. The summed E-state index contributed by atoms with van der Waals surface area (Å²) in [4.78, 5) is 24.0. The molecule has 26 heavy (non-hydrogen) atoms. The SMILES string of the molecule is CC(C)O[C@H]1C[C@@H](OCC(=O)NC23CC(NC(=O)OC(C)(C)C)(C2)C3)C1. The number of alkyl carbamates (subject to hydrolysis) is 1. The molecule has 4 aliphatic rings. The minimum absolute atomic E-state index is 0.0798. The highest BCUT2D eigenvalue weighted by molar-refractivity contribution is 5.79. The largest absolute Gasteiger partial charge is 0.444 e. The number of rotatable bonds is 7. The highest BCUT2D eigenvalue weighted by atomic mass is 16.6. The lowest BCUT2D eigenvalue weighted by molar-refractivity contribution is -0.154. The van der Waals surface area contributed by atoms with Crippen LogP contribution in [-0.2, 0) is 19.0 Å². The Labute approximate surface area is 155 Å². The lowest BCUT2D eigenvalue weighted by atomic mass is 9.44. The van der Waals surface area contributed by atoms with Gasteiger partial charge in [0.05, 0.1) is 23.9 Å². The third kappa shape index (κ3) is 4.49. The van der Waals surface area contributed by atoms with Crippen LogP contribution < -0.4 is 10.6 Å². The van der Waals surface area contributed by atoms with Gasteiger partial charge < -0.3 is 24.8 Å². The van der Waals surface area contributed by atoms with Crippen LogP contribution in [0.4, 0.5) is 4.79 Å². The van der Waals surface area contributed by atoms with Crippen molar-refractivity contribution < 1.29 is 23.8 Å². The molecule has 4 aliphatic carbocycles. The zero-order valence-electron chi connectivity index (χ0n) is 16.5. The normalized spacial score (nSPS) is 35.0.